The highest BCUT2D eigenvalue weighted by Crippen LogP contribution is 2.47. The third kappa shape index (κ3) is 2.27. The number of carboxylic acids is 1. The fraction of sp³-hybridized carbons (Fsp3) is 0.562. The Bertz CT molecular complexity index is 459. The molecule has 0 bridgehead atoms. The van der Waals surface area contributed by atoms with Crippen LogP contribution in [0.2, 0.25) is 0 Å². The summed E-state index contributed by atoms with van der Waals surface area (Å²) in [6.45, 7) is 2.55. The van der Waals surface area contributed by atoms with Crippen molar-refractivity contribution in [3.63, 3.8) is 0 Å². The van der Waals surface area contributed by atoms with Crippen LogP contribution in [0.3, 0.4) is 0 Å². The van der Waals surface area contributed by atoms with Gasteiger partial charge in [-0.1, -0.05) is 43.2 Å². The van der Waals surface area contributed by atoms with Crippen molar-refractivity contribution in [2.45, 2.75) is 32.2 Å². The molecule has 0 spiro atoms. The second-order valence-electron chi connectivity index (χ2n) is 6.06. The molecule has 19 heavy (non-hydrogen) atoms. The van der Waals surface area contributed by atoms with Crippen LogP contribution in [-0.2, 0) is 11.3 Å². The number of likely N-dealkylation sites (tertiary alicyclic amines) is 1. The Balaban J connectivity index is 1.75. The third-order valence-corrected chi connectivity index (χ3v) is 4.87. The Morgan fingerprint density at radius 2 is 2.11 bits per heavy atom. The van der Waals surface area contributed by atoms with Crippen molar-refractivity contribution in [2.24, 2.45) is 11.3 Å². The van der Waals surface area contributed by atoms with Crippen LogP contribution in [0.5, 0.6) is 0 Å². The summed E-state index contributed by atoms with van der Waals surface area (Å²) in [5.41, 5.74) is 0.814. The van der Waals surface area contributed by atoms with E-state index in [0.717, 1.165) is 38.9 Å². The number of carboxylic acid groups (broad SMARTS) is 1. The Morgan fingerprint density at radius 1 is 1.32 bits per heavy atom. The number of benzene rings is 1. The predicted molar refractivity (Wildman–Crippen MR) is 73.7 cm³/mol. The standard InChI is InChI=1S/C16H21NO2/c18-15(19)16-9-5-4-8-14(16)11-17(12-16)10-13-6-2-1-3-7-13/h1-3,6-7,14H,4-5,8-12H2,(H,18,19)/t14-,16-/m0/s1. The molecule has 2 fully saturated rings. The van der Waals surface area contributed by atoms with Crippen molar-refractivity contribution in [1.82, 2.24) is 4.90 Å². The second kappa shape index (κ2) is 4.97. The first kappa shape index (κ1) is 12.7. The molecule has 1 aliphatic heterocycles. The summed E-state index contributed by atoms with van der Waals surface area (Å²) >= 11 is 0. The summed E-state index contributed by atoms with van der Waals surface area (Å²) in [7, 11) is 0. The first-order valence-corrected chi connectivity index (χ1v) is 7.20. The Morgan fingerprint density at radius 3 is 2.79 bits per heavy atom. The molecule has 1 heterocycles. The van der Waals surface area contributed by atoms with E-state index < -0.39 is 11.4 Å². The zero-order chi connectivity index (χ0) is 13.3. The van der Waals surface area contributed by atoms with Crippen molar-refractivity contribution in [3.8, 4) is 0 Å². The molecule has 3 rings (SSSR count). The van der Waals surface area contributed by atoms with E-state index in [-0.39, 0.29) is 0 Å². The lowest BCUT2D eigenvalue weighted by atomic mass is 9.68. The molecule has 1 aromatic rings. The lowest BCUT2D eigenvalue weighted by Gasteiger charge is -2.34. The molecule has 0 radical (unpaired) electrons. The van der Waals surface area contributed by atoms with Crippen LogP contribution in [0, 0.1) is 11.3 Å². The Kier molecular flexibility index (Phi) is 3.31. The topological polar surface area (TPSA) is 40.5 Å². The van der Waals surface area contributed by atoms with Gasteiger partial charge in [0.15, 0.2) is 0 Å². The number of aliphatic carboxylic acids is 1. The summed E-state index contributed by atoms with van der Waals surface area (Å²) in [5.74, 6) is -0.227. The molecule has 0 amide bonds. The van der Waals surface area contributed by atoms with Gasteiger partial charge < -0.3 is 5.11 Å². The van der Waals surface area contributed by atoms with E-state index in [1.165, 1.54) is 12.0 Å². The van der Waals surface area contributed by atoms with Gasteiger partial charge in [-0.15, -0.1) is 0 Å². The molecule has 0 aromatic heterocycles. The molecular formula is C16H21NO2. The number of hydrogen-bond donors (Lipinski definition) is 1. The fourth-order valence-electron chi connectivity index (χ4n) is 3.87. The second-order valence-corrected chi connectivity index (χ2v) is 6.06. The molecule has 2 atom stereocenters. The van der Waals surface area contributed by atoms with Crippen LogP contribution in [-0.4, -0.2) is 29.1 Å². The zero-order valence-corrected chi connectivity index (χ0v) is 11.2. The fourth-order valence-corrected chi connectivity index (χ4v) is 3.87. The monoisotopic (exact) mass is 259 g/mol. The number of rotatable bonds is 3. The quantitative estimate of drug-likeness (QED) is 0.907. The average molecular weight is 259 g/mol. The lowest BCUT2D eigenvalue weighted by Crippen LogP contribution is -2.41. The molecule has 1 N–H and O–H groups in total. The first-order valence-electron chi connectivity index (χ1n) is 7.20. The van der Waals surface area contributed by atoms with Crippen molar-refractivity contribution >= 4 is 5.97 Å². The van der Waals surface area contributed by atoms with Crippen LogP contribution in [0.15, 0.2) is 30.3 Å². The minimum atomic E-state index is -0.576. The van der Waals surface area contributed by atoms with Gasteiger partial charge in [-0.3, -0.25) is 9.69 Å². The zero-order valence-electron chi connectivity index (χ0n) is 11.2. The van der Waals surface area contributed by atoms with Gasteiger partial charge in [0.25, 0.3) is 0 Å². The highest BCUT2D eigenvalue weighted by molar-refractivity contribution is 5.76. The molecule has 102 valence electrons. The maximum atomic E-state index is 11.7. The van der Waals surface area contributed by atoms with Crippen LogP contribution < -0.4 is 0 Å². The van der Waals surface area contributed by atoms with Gasteiger partial charge in [-0.2, -0.15) is 0 Å². The van der Waals surface area contributed by atoms with Gasteiger partial charge in [0.1, 0.15) is 0 Å². The van der Waals surface area contributed by atoms with Gasteiger partial charge in [0, 0.05) is 19.6 Å². The molecule has 2 aliphatic rings. The van der Waals surface area contributed by atoms with Crippen LogP contribution in [0.4, 0.5) is 0 Å². The van der Waals surface area contributed by atoms with Crippen LogP contribution >= 0.6 is 0 Å². The number of nitrogens with zero attached hydrogens (tertiary/aromatic N) is 1. The summed E-state index contributed by atoms with van der Waals surface area (Å²) < 4.78 is 0. The molecule has 1 aliphatic carbocycles. The van der Waals surface area contributed by atoms with E-state index in [1.54, 1.807) is 0 Å². The third-order valence-electron chi connectivity index (χ3n) is 4.87. The van der Waals surface area contributed by atoms with E-state index >= 15 is 0 Å². The van der Waals surface area contributed by atoms with Crippen molar-refractivity contribution < 1.29 is 9.90 Å². The number of fused-ring (bicyclic) bond motifs is 1. The SMILES string of the molecule is O=C(O)[C@]12CCCC[C@H]1CN(Cc1ccccc1)C2. The Labute approximate surface area is 114 Å². The minimum absolute atomic E-state index is 0.350. The van der Waals surface area contributed by atoms with Crippen LogP contribution in [0.1, 0.15) is 31.2 Å². The van der Waals surface area contributed by atoms with E-state index in [9.17, 15) is 9.90 Å². The summed E-state index contributed by atoms with van der Waals surface area (Å²) in [5, 5.41) is 9.66. The lowest BCUT2D eigenvalue weighted by molar-refractivity contribution is -0.152. The predicted octanol–water partition coefficient (Wildman–Crippen LogP) is 2.76. The maximum absolute atomic E-state index is 11.7. The van der Waals surface area contributed by atoms with E-state index in [1.807, 2.05) is 18.2 Å². The molecule has 1 aromatic carbocycles. The molecule has 0 unspecified atom stereocenters. The average Bonchev–Trinajstić information content (AvgIpc) is 2.79. The summed E-state index contributed by atoms with van der Waals surface area (Å²) in [6, 6.07) is 10.4. The van der Waals surface area contributed by atoms with Crippen LogP contribution in [0.25, 0.3) is 0 Å². The maximum Gasteiger partial charge on any atom is 0.311 e. The molecule has 1 saturated carbocycles. The minimum Gasteiger partial charge on any atom is -0.481 e. The van der Waals surface area contributed by atoms with Gasteiger partial charge in [0.05, 0.1) is 5.41 Å². The molecular weight excluding hydrogens is 238 g/mol. The number of hydrogen-bond acceptors (Lipinski definition) is 2. The van der Waals surface area contributed by atoms with Gasteiger partial charge in [-0.05, 0) is 24.3 Å². The van der Waals surface area contributed by atoms with E-state index in [2.05, 4.69) is 17.0 Å². The van der Waals surface area contributed by atoms with E-state index in [0.29, 0.717) is 5.92 Å². The van der Waals surface area contributed by atoms with Gasteiger partial charge in [-0.25, -0.2) is 0 Å². The largest absolute Gasteiger partial charge is 0.481 e. The van der Waals surface area contributed by atoms with Crippen molar-refractivity contribution in [1.29, 1.82) is 0 Å². The molecule has 1 saturated heterocycles. The number of carbonyl (C=O) groups is 1. The van der Waals surface area contributed by atoms with E-state index in [4.69, 9.17) is 0 Å². The molecule has 3 nitrogen and oxygen atoms in total. The van der Waals surface area contributed by atoms with Crippen molar-refractivity contribution in [3.05, 3.63) is 35.9 Å². The highest BCUT2D eigenvalue weighted by Gasteiger charge is 2.52. The van der Waals surface area contributed by atoms with Gasteiger partial charge >= 0.3 is 5.97 Å². The molecule has 3 heteroatoms. The van der Waals surface area contributed by atoms with Gasteiger partial charge in [0.2, 0.25) is 0 Å². The summed E-state index contributed by atoms with van der Waals surface area (Å²) in [4.78, 5) is 14.1. The Hall–Kier alpha value is -1.35. The first-order chi connectivity index (χ1) is 9.21. The highest BCUT2D eigenvalue weighted by atomic mass is 16.4. The normalized spacial score (nSPS) is 31.1. The van der Waals surface area contributed by atoms with Crippen molar-refractivity contribution in [2.75, 3.05) is 13.1 Å². The summed E-state index contributed by atoms with van der Waals surface area (Å²) in [6.07, 6.45) is 4.21. The smallest absolute Gasteiger partial charge is 0.311 e.